The summed E-state index contributed by atoms with van der Waals surface area (Å²) in [7, 11) is -3.52. The number of hydrogen-bond acceptors (Lipinski definition) is 4. The van der Waals surface area contributed by atoms with E-state index < -0.39 is 21.7 Å². The second-order valence-corrected chi connectivity index (χ2v) is 9.58. The number of thiophene rings is 1. The van der Waals surface area contributed by atoms with Crippen LogP contribution in [0.5, 0.6) is 0 Å². The van der Waals surface area contributed by atoms with Crippen LogP contribution in [-0.2, 0) is 23.0 Å². The van der Waals surface area contributed by atoms with E-state index in [-0.39, 0.29) is 12.1 Å². The van der Waals surface area contributed by atoms with Gasteiger partial charge in [0.25, 0.3) is 15.9 Å². The smallest absolute Gasteiger partial charge is 0.255 e. The summed E-state index contributed by atoms with van der Waals surface area (Å²) in [4.78, 5) is 12.3. The molecule has 1 aromatic heterocycles. The summed E-state index contributed by atoms with van der Waals surface area (Å²) in [5.74, 6) is -0.897. The number of carbonyl (C=O) groups is 1. The number of nitrogens with one attached hydrogen (secondary N) is 1. The Balaban J connectivity index is 1.55. The van der Waals surface area contributed by atoms with E-state index in [9.17, 15) is 17.6 Å². The maximum absolute atomic E-state index is 13.3. The lowest BCUT2D eigenvalue weighted by Crippen LogP contribution is -2.35. The zero-order valence-electron chi connectivity index (χ0n) is 14.8. The Kier molecular flexibility index (Phi) is 5.01. The van der Waals surface area contributed by atoms with E-state index in [0.29, 0.717) is 22.9 Å². The van der Waals surface area contributed by atoms with Gasteiger partial charge in [0, 0.05) is 24.3 Å². The highest BCUT2D eigenvalue weighted by atomic mass is 32.2. The summed E-state index contributed by atoms with van der Waals surface area (Å²) in [6.07, 6.45) is 0.609. The predicted octanol–water partition coefficient (Wildman–Crippen LogP) is 3.89. The van der Waals surface area contributed by atoms with Gasteiger partial charge in [0.05, 0.1) is 0 Å². The number of amides is 1. The van der Waals surface area contributed by atoms with Crippen LogP contribution in [0.2, 0.25) is 0 Å². The summed E-state index contributed by atoms with van der Waals surface area (Å²) >= 11 is 1.20. The average molecular weight is 416 g/mol. The molecule has 0 spiro atoms. The Morgan fingerprint density at radius 1 is 1.07 bits per heavy atom. The number of rotatable bonds is 4. The molecule has 0 bridgehead atoms. The third-order valence-electron chi connectivity index (χ3n) is 4.62. The summed E-state index contributed by atoms with van der Waals surface area (Å²) in [5, 5.41) is 4.49. The van der Waals surface area contributed by atoms with Crippen molar-refractivity contribution >= 4 is 33.0 Å². The lowest BCUT2D eigenvalue weighted by atomic mass is 10.0. The molecule has 1 aliphatic heterocycles. The molecule has 0 saturated heterocycles. The van der Waals surface area contributed by atoms with E-state index in [0.717, 1.165) is 11.1 Å². The number of fused-ring (bicyclic) bond motifs is 1. The molecule has 8 heteroatoms. The molecule has 0 aliphatic carbocycles. The molecular formula is C20H17FN2O3S2. The van der Waals surface area contributed by atoms with Crippen molar-refractivity contribution in [2.75, 3.05) is 11.9 Å². The zero-order valence-corrected chi connectivity index (χ0v) is 16.4. The Hall–Kier alpha value is -2.55. The molecule has 5 nitrogen and oxygen atoms in total. The summed E-state index contributed by atoms with van der Waals surface area (Å²) in [6.45, 7) is 0.668. The van der Waals surface area contributed by atoms with Gasteiger partial charge in [-0.3, -0.25) is 4.79 Å². The molecule has 4 rings (SSSR count). The Labute approximate surface area is 166 Å². The highest BCUT2D eigenvalue weighted by molar-refractivity contribution is 7.91. The van der Waals surface area contributed by atoms with Gasteiger partial charge in [-0.05, 0) is 59.3 Å². The van der Waals surface area contributed by atoms with Crippen molar-refractivity contribution in [2.24, 2.45) is 0 Å². The van der Waals surface area contributed by atoms with Crippen LogP contribution in [0.1, 0.15) is 21.5 Å². The topological polar surface area (TPSA) is 66.5 Å². The van der Waals surface area contributed by atoms with Crippen LogP contribution in [-0.4, -0.2) is 25.2 Å². The minimum atomic E-state index is -3.52. The molecule has 3 aromatic rings. The second-order valence-electron chi connectivity index (χ2n) is 6.47. The van der Waals surface area contributed by atoms with Crippen LogP contribution in [0.4, 0.5) is 10.1 Å². The van der Waals surface area contributed by atoms with E-state index in [1.165, 1.54) is 39.9 Å². The lowest BCUT2D eigenvalue weighted by molar-refractivity contribution is 0.102. The van der Waals surface area contributed by atoms with Gasteiger partial charge in [0.1, 0.15) is 10.0 Å². The lowest BCUT2D eigenvalue weighted by Gasteiger charge is -2.28. The SMILES string of the molecule is O=C(Nc1ccc2c(c1)CN(S(=O)(=O)c1cccs1)CC2)c1cccc(F)c1. The molecule has 2 heterocycles. The van der Waals surface area contributed by atoms with Gasteiger partial charge >= 0.3 is 0 Å². The maximum atomic E-state index is 13.3. The van der Waals surface area contributed by atoms with Gasteiger partial charge in [-0.1, -0.05) is 18.2 Å². The number of nitrogens with zero attached hydrogens (tertiary/aromatic N) is 1. The number of hydrogen-bond donors (Lipinski definition) is 1. The highest BCUT2D eigenvalue weighted by Gasteiger charge is 2.29. The largest absolute Gasteiger partial charge is 0.322 e. The summed E-state index contributed by atoms with van der Waals surface area (Å²) in [5.41, 5.74) is 2.67. The maximum Gasteiger partial charge on any atom is 0.255 e. The average Bonchev–Trinajstić information content (AvgIpc) is 3.23. The van der Waals surface area contributed by atoms with Crippen molar-refractivity contribution in [1.82, 2.24) is 4.31 Å². The van der Waals surface area contributed by atoms with Gasteiger partial charge in [0.15, 0.2) is 0 Å². The van der Waals surface area contributed by atoms with E-state index >= 15 is 0 Å². The van der Waals surface area contributed by atoms with E-state index in [2.05, 4.69) is 5.32 Å². The minimum absolute atomic E-state index is 0.222. The molecule has 2 aromatic carbocycles. The first-order valence-electron chi connectivity index (χ1n) is 8.66. The van der Waals surface area contributed by atoms with Gasteiger partial charge < -0.3 is 5.32 Å². The van der Waals surface area contributed by atoms with Crippen molar-refractivity contribution in [2.45, 2.75) is 17.2 Å². The number of sulfonamides is 1. The molecule has 0 atom stereocenters. The molecular weight excluding hydrogens is 399 g/mol. The summed E-state index contributed by atoms with van der Waals surface area (Å²) in [6, 6.07) is 14.2. The zero-order chi connectivity index (χ0) is 19.7. The van der Waals surface area contributed by atoms with Crippen LogP contribution in [0, 0.1) is 5.82 Å². The third kappa shape index (κ3) is 3.71. The van der Waals surface area contributed by atoms with Gasteiger partial charge in [-0.15, -0.1) is 11.3 Å². The molecule has 0 saturated carbocycles. The van der Waals surface area contributed by atoms with E-state index in [4.69, 9.17) is 0 Å². The summed E-state index contributed by atoms with van der Waals surface area (Å²) < 4.78 is 40.6. The fourth-order valence-electron chi connectivity index (χ4n) is 3.18. The molecule has 0 unspecified atom stereocenters. The first kappa shape index (κ1) is 18.8. The monoisotopic (exact) mass is 416 g/mol. The quantitative estimate of drug-likeness (QED) is 0.702. The molecule has 1 amide bonds. The van der Waals surface area contributed by atoms with Gasteiger partial charge in [-0.2, -0.15) is 4.31 Å². The van der Waals surface area contributed by atoms with Gasteiger partial charge in [0.2, 0.25) is 0 Å². The fraction of sp³-hybridized carbons (Fsp3) is 0.150. The molecule has 0 fully saturated rings. The first-order chi connectivity index (χ1) is 13.4. The number of anilines is 1. The third-order valence-corrected chi connectivity index (χ3v) is 7.84. The Morgan fingerprint density at radius 2 is 1.93 bits per heavy atom. The van der Waals surface area contributed by atoms with Crippen molar-refractivity contribution < 1.29 is 17.6 Å². The molecule has 28 heavy (non-hydrogen) atoms. The van der Waals surface area contributed by atoms with Crippen molar-refractivity contribution in [3.63, 3.8) is 0 Å². The van der Waals surface area contributed by atoms with E-state index in [1.807, 2.05) is 6.07 Å². The Morgan fingerprint density at radius 3 is 2.68 bits per heavy atom. The van der Waals surface area contributed by atoms with Gasteiger partial charge in [-0.25, -0.2) is 12.8 Å². The molecule has 1 N–H and O–H groups in total. The highest BCUT2D eigenvalue weighted by Crippen LogP contribution is 2.28. The van der Waals surface area contributed by atoms with Crippen LogP contribution >= 0.6 is 11.3 Å². The number of carbonyl (C=O) groups excluding carboxylic acids is 1. The standard InChI is InChI=1S/C20H17FN2O3S2/c21-17-4-1-3-15(11-17)20(24)22-18-7-6-14-8-9-23(13-16(14)12-18)28(25,26)19-5-2-10-27-19/h1-7,10-12H,8-9,13H2,(H,22,24). The van der Waals surface area contributed by atoms with Crippen LogP contribution < -0.4 is 5.32 Å². The molecule has 144 valence electrons. The minimum Gasteiger partial charge on any atom is -0.322 e. The van der Waals surface area contributed by atoms with Crippen molar-refractivity contribution in [1.29, 1.82) is 0 Å². The Bertz CT molecular complexity index is 1130. The first-order valence-corrected chi connectivity index (χ1v) is 11.0. The van der Waals surface area contributed by atoms with Crippen LogP contribution in [0.25, 0.3) is 0 Å². The molecule has 0 radical (unpaired) electrons. The second kappa shape index (κ2) is 7.46. The van der Waals surface area contributed by atoms with E-state index in [1.54, 1.807) is 29.6 Å². The predicted molar refractivity (Wildman–Crippen MR) is 106 cm³/mol. The van der Waals surface area contributed by atoms with Crippen LogP contribution in [0.15, 0.2) is 64.2 Å². The van der Waals surface area contributed by atoms with Crippen LogP contribution in [0.3, 0.4) is 0 Å². The van der Waals surface area contributed by atoms with Crippen molar-refractivity contribution in [3.8, 4) is 0 Å². The number of halogens is 1. The fourth-order valence-corrected chi connectivity index (χ4v) is 5.75. The number of benzene rings is 2. The normalized spacial score (nSPS) is 14.5. The van der Waals surface area contributed by atoms with Crippen molar-refractivity contribution in [3.05, 3.63) is 82.5 Å². The molecule has 1 aliphatic rings.